The predicted octanol–water partition coefficient (Wildman–Crippen LogP) is 5.01. The van der Waals surface area contributed by atoms with Crippen LogP contribution in [-0.2, 0) is 6.54 Å². The third kappa shape index (κ3) is 4.88. The molecule has 0 amide bonds. The van der Waals surface area contributed by atoms with Crippen LogP contribution >= 0.6 is 11.6 Å². The van der Waals surface area contributed by atoms with Crippen molar-refractivity contribution in [2.75, 3.05) is 31.1 Å². The van der Waals surface area contributed by atoms with Crippen LogP contribution in [0, 0.1) is 0 Å². The van der Waals surface area contributed by atoms with Gasteiger partial charge in [-0.25, -0.2) is 4.79 Å². The van der Waals surface area contributed by atoms with Gasteiger partial charge in [0, 0.05) is 44.2 Å². The average Bonchev–Trinajstić information content (AvgIpc) is 3.14. The highest BCUT2D eigenvalue weighted by Gasteiger charge is 2.31. The second kappa shape index (κ2) is 8.32. The Balaban J connectivity index is 1.42. The number of aromatic carboxylic acids is 1. The van der Waals surface area contributed by atoms with E-state index in [0.717, 1.165) is 11.3 Å². The minimum atomic E-state index is -4.72. The van der Waals surface area contributed by atoms with Gasteiger partial charge in [0.1, 0.15) is 11.3 Å². The fourth-order valence-corrected chi connectivity index (χ4v) is 3.99. The number of rotatable bonds is 5. The van der Waals surface area contributed by atoms with Crippen LogP contribution in [0.1, 0.15) is 16.1 Å². The Morgan fingerprint density at radius 1 is 1.13 bits per heavy atom. The van der Waals surface area contributed by atoms with Crippen LogP contribution in [0.25, 0.3) is 11.0 Å². The van der Waals surface area contributed by atoms with Gasteiger partial charge in [-0.15, -0.1) is 13.2 Å². The van der Waals surface area contributed by atoms with E-state index in [-0.39, 0.29) is 11.5 Å². The van der Waals surface area contributed by atoms with Gasteiger partial charge >= 0.3 is 12.3 Å². The summed E-state index contributed by atoms with van der Waals surface area (Å²) in [5, 5.41) is 10.1. The molecule has 1 aliphatic heterocycles. The second-order valence-electron chi connectivity index (χ2n) is 7.18. The van der Waals surface area contributed by atoms with Gasteiger partial charge in [0.15, 0.2) is 0 Å². The van der Waals surface area contributed by atoms with Gasteiger partial charge < -0.3 is 19.2 Å². The topological polar surface area (TPSA) is 66.2 Å². The van der Waals surface area contributed by atoms with E-state index < -0.39 is 12.3 Å². The summed E-state index contributed by atoms with van der Waals surface area (Å²) in [5.74, 6) is -1.56. The summed E-state index contributed by atoms with van der Waals surface area (Å²) in [7, 11) is 0. The molecule has 0 atom stereocenters. The summed E-state index contributed by atoms with van der Waals surface area (Å²) >= 11 is 6.52. The van der Waals surface area contributed by atoms with Crippen LogP contribution in [-0.4, -0.2) is 48.5 Å². The zero-order valence-electron chi connectivity index (χ0n) is 16.2. The van der Waals surface area contributed by atoms with E-state index in [2.05, 4.69) is 14.5 Å². The quantitative estimate of drug-likeness (QED) is 0.585. The van der Waals surface area contributed by atoms with Crippen LogP contribution in [0.4, 0.5) is 18.9 Å². The number of benzene rings is 2. The molecule has 0 saturated carbocycles. The number of furan rings is 1. The number of hydrogen-bond donors (Lipinski definition) is 1. The maximum Gasteiger partial charge on any atom is 0.573 e. The zero-order valence-corrected chi connectivity index (χ0v) is 16.9. The fourth-order valence-electron chi connectivity index (χ4n) is 3.66. The fraction of sp³-hybridized carbons (Fsp3) is 0.286. The second-order valence-corrected chi connectivity index (χ2v) is 7.56. The average molecular weight is 455 g/mol. The largest absolute Gasteiger partial charge is 0.573 e. The summed E-state index contributed by atoms with van der Waals surface area (Å²) in [4.78, 5) is 15.4. The van der Waals surface area contributed by atoms with E-state index in [1.54, 1.807) is 18.2 Å². The maximum atomic E-state index is 12.4. The molecule has 2 aromatic carbocycles. The van der Waals surface area contributed by atoms with Crippen molar-refractivity contribution in [3.05, 3.63) is 58.8 Å². The van der Waals surface area contributed by atoms with E-state index in [1.807, 2.05) is 0 Å². The third-order valence-electron chi connectivity index (χ3n) is 5.08. The molecule has 1 N–H and O–H groups in total. The number of piperazine rings is 1. The molecule has 0 aliphatic carbocycles. The van der Waals surface area contributed by atoms with Crippen molar-refractivity contribution in [3.8, 4) is 5.75 Å². The number of alkyl halides is 3. The summed E-state index contributed by atoms with van der Waals surface area (Å²) in [6, 6.07) is 10.9. The Kier molecular flexibility index (Phi) is 5.72. The number of ether oxygens (including phenoxy) is 1. The number of hydrogen-bond acceptors (Lipinski definition) is 5. The zero-order chi connectivity index (χ0) is 22.2. The van der Waals surface area contributed by atoms with Gasteiger partial charge in [-0.3, -0.25) is 4.90 Å². The van der Waals surface area contributed by atoms with Crippen molar-refractivity contribution in [3.63, 3.8) is 0 Å². The standard InChI is InChI=1S/C21H18ClF3N2O4/c22-19-15-11-18(20(28)29)30-17(15)5-4-16(19)27-8-6-26(7-9-27)12-13-2-1-3-14(10-13)31-21(23,24)25/h1-5,10-11H,6-9,12H2,(H,28,29). The molecule has 10 heteroatoms. The van der Waals surface area contributed by atoms with Crippen molar-refractivity contribution in [1.82, 2.24) is 4.90 Å². The van der Waals surface area contributed by atoms with Gasteiger partial charge in [-0.2, -0.15) is 0 Å². The molecule has 164 valence electrons. The molecule has 0 spiro atoms. The lowest BCUT2D eigenvalue weighted by atomic mass is 10.1. The number of halogens is 4. The van der Waals surface area contributed by atoms with E-state index in [4.69, 9.17) is 21.1 Å². The highest BCUT2D eigenvalue weighted by atomic mass is 35.5. The molecule has 3 aromatic rings. The van der Waals surface area contributed by atoms with Crippen molar-refractivity contribution < 1.29 is 32.2 Å². The number of fused-ring (bicyclic) bond motifs is 1. The number of carboxylic acid groups (broad SMARTS) is 1. The van der Waals surface area contributed by atoms with Crippen LogP contribution < -0.4 is 9.64 Å². The minimum Gasteiger partial charge on any atom is -0.475 e. The number of carboxylic acids is 1. The van der Waals surface area contributed by atoms with Gasteiger partial charge in [-0.1, -0.05) is 23.7 Å². The normalized spacial score (nSPS) is 15.4. The highest BCUT2D eigenvalue weighted by molar-refractivity contribution is 6.38. The molecular formula is C21H18ClF3N2O4. The maximum absolute atomic E-state index is 12.4. The molecule has 6 nitrogen and oxygen atoms in total. The first kappa shape index (κ1) is 21.3. The van der Waals surface area contributed by atoms with Gasteiger partial charge in [0.25, 0.3) is 0 Å². The van der Waals surface area contributed by atoms with Crippen LogP contribution in [0.2, 0.25) is 5.02 Å². The lowest BCUT2D eigenvalue weighted by molar-refractivity contribution is -0.274. The summed E-state index contributed by atoms with van der Waals surface area (Å²) in [6.07, 6.45) is -4.72. The molecule has 0 radical (unpaired) electrons. The lowest BCUT2D eigenvalue weighted by Gasteiger charge is -2.36. The molecule has 1 aromatic heterocycles. The molecular weight excluding hydrogens is 437 g/mol. The van der Waals surface area contributed by atoms with Crippen molar-refractivity contribution in [1.29, 1.82) is 0 Å². The highest BCUT2D eigenvalue weighted by Crippen LogP contribution is 2.36. The van der Waals surface area contributed by atoms with E-state index in [1.165, 1.54) is 24.3 Å². The molecule has 0 unspecified atom stereocenters. The van der Waals surface area contributed by atoms with E-state index in [9.17, 15) is 18.0 Å². The molecule has 1 fully saturated rings. The Hall–Kier alpha value is -2.91. The first-order valence-corrected chi connectivity index (χ1v) is 9.85. The van der Waals surface area contributed by atoms with Crippen molar-refractivity contribution in [2.45, 2.75) is 12.9 Å². The summed E-state index contributed by atoms with van der Waals surface area (Å²) in [5.41, 5.74) is 1.92. The lowest BCUT2D eigenvalue weighted by Crippen LogP contribution is -2.46. The predicted molar refractivity (Wildman–Crippen MR) is 109 cm³/mol. The molecule has 1 saturated heterocycles. The van der Waals surface area contributed by atoms with Gasteiger partial charge in [0.05, 0.1) is 10.7 Å². The van der Waals surface area contributed by atoms with Crippen molar-refractivity contribution in [2.24, 2.45) is 0 Å². The Morgan fingerprint density at radius 2 is 1.87 bits per heavy atom. The SMILES string of the molecule is O=C(O)c1cc2c(Cl)c(N3CCN(Cc4cccc(OC(F)(F)F)c4)CC3)ccc2o1. The van der Waals surface area contributed by atoms with Crippen LogP contribution in [0.5, 0.6) is 5.75 Å². The number of nitrogens with zero attached hydrogens (tertiary/aromatic N) is 2. The van der Waals surface area contributed by atoms with E-state index in [0.29, 0.717) is 48.7 Å². The Bertz CT molecular complexity index is 1110. The first-order chi connectivity index (χ1) is 14.7. The smallest absolute Gasteiger partial charge is 0.475 e. The monoisotopic (exact) mass is 454 g/mol. The first-order valence-electron chi connectivity index (χ1n) is 9.47. The van der Waals surface area contributed by atoms with Crippen molar-refractivity contribution >= 4 is 34.2 Å². The minimum absolute atomic E-state index is 0.171. The molecule has 31 heavy (non-hydrogen) atoms. The molecule has 1 aliphatic rings. The van der Waals surface area contributed by atoms with Crippen LogP contribution in [0.3, 0.4) is 0 Å². The van der Waals surface area contributed by atoms with Crippen LogP contribution in [0.15, 0.2) is 46.9 Å². The molecule has 0 bridgehead atoms. The molecule has 2 heterocycles. The summed E-state index contributed by atoms with van der Waals surface area (Å²) < 4.78 is 46.5. The Labute approximate surface area is 180 Å². The van der Waals surface area contributed by atoms with Gasteiger partial charge in [0.2, 0.25) is 5.76 Å². The number of carbonyl (C=O) groups is 1. The Morgan fingerprint density at radius 3 is 2.55 bits per heavy atom. The molecule has 4 rings (SSSR count). The number of anilines is 1. The van der Waals surface area contributed by atoms with E-state index >= 15 is 0 Å². The summed E-state index contributed by atoms with van der Waals surface area (Å²) in [6.45, 7) is 3.19. The third-order valence-corrected chi connectivity index (χ3v) is 5.47. The van der Waals surface area contributed by atoms with Gasteiger partial charge in [-0.05, 0) is 29.8 Å².